The van der Waals surface area contributed by atoms with Gasteiger partial charge < -0.3 is 5.32 Å². The second-order valence-corrected chi connectivity index (χ2v) is 3.61. The van der Waals surface area contributed by atoms with Crippen LogP contribution in [0.2, 0.25) is 0 Å². The summed E-state index contributed by atoms with van der Waals surface area (Å²) in [5.74, 6) is -0.377. The van der Waals surface area contributed by atoms with Crippen molar-refractivity contribution < 1.29 is 17.6 Å². The van der Waals surface area contributed by atoms with E-state index in [1.807, 2.05) is 0 Å². The van der Waals surface area contributed by atoms with Crippen molar-refractivity contribution in [3.63, 3.8) is 0 Å². The molecule has 1 rings (SSSR count). The van der Waals surface area contributed by atoms with Crippen molar-refractivity contribution in [1.29, 1.82) is 0 Å². The predicted molar refractivity (Wildman–Crippen MR) is 53.5 cm³/mol. The van der Waals surface area contributed by atoms with Crippen LogP contribution in [0.15, 0.2) is 18.2 Å². The smallest absolute Gasteiger partial charge is 0.312 e. The molecule has 0 spiro atoms. The third-order valence-electron chi connectivity index (χ3n) is 2.21. The van der Waals surface area contributed by atoms with Gasteiger partial charge in [0.2, 0.25) is 0 Å². The van der Waals surface area contributed by atoms with Crippen molar-refractivity contribution >= 4 is 0 Å². The molecule has 0 saturated carbocycles. The Kier molecular flexibility index (Phi) is 4.29. The Morgan fingerprint density at radius 1 is 1.25 bits per heavy atom. The number of hydrogen-bond acceptors (Lipinski definition) is 1. The fraction of sp³-hybridized carbons (Fsp3) is 0.455. The predicted octanol–water partition coefficient (Wildman–Crippen LogP) is 3.18. The number of benzene rings is 1. The van der Waals surface area contributed by atoms with E-state index < -0.39 is 12.6 Å². The van der Waals surface area contributed by atoms with Gasteiger partial charge in [-0.05, 0) is 30.2 Å². The van der Waals surface area contributed by atoms with Crippen LogP contribution in [0.4, 0.5) is 17.6 Å². The van der Waals surface area contributed by atoms with Gasteiger partial charge in [-0.1, -0.05) is 6.07 Å². The Morgan fingerprint density at radius 2 is 1.94 bits per heavy atom. The Bertz CT molecular complexity index is 346. The minimum absolute atomic E-state index is 0.153. The molecule has 1 N–H and O–H groups in total. The first-order valence-electron chi connectivity index (χ1n) is 4.91. The SMILES string of the molecule is Cc1ccc(F)cc1CNCCC(F)(F)F. The quantitative estimate of drug-likeness (QED) is 0.624. The first kappa shape index (κ1) is 13.0. The third kappa shape index (κ3) is 4.61. The van der Waals surface area contributed by atoms with Crippen molar-refractivity contribution in [2.75, 3.05) is 6.54 Å². The summed E-state index contributed by atoms with van der Waals surface area (Å²) >= 11 is 0. The lowest BCUT2D eigenvalue weighted by molar-refractivity contribution is -0.133. The normalized spacial score (nSPS) is 11.8. The summed E-state index contributed by atoms with van der Waals surface area (Å²) < 4.78 is 48.3. The van der Waals surface area contributed by atoms with Crippen LogP contribution in [0.25, 0.3) is 0 Å². The van der Waals surface area contributed by atoms with Crippen molar-refractivity contribution in [3.8, 4) is 0 Å². The van der Waals surface area contributed by atoms with E-state index in [0.29, 0.717) is 5.56 Å². The molecule has 0 amide bonds. The first-order chi connectivity index (χ1) is 7.38. The molecule has 0 aliphatic rings. The standard InChI is InChI=1S/C11H13F4N/c1-8-2-3-10(12)6-9(8)7-16-5-4-11(13,14)15/h2-3,6,16H,4-5,7H2,1H3. The Hall–Kier alpha value is -1.10. The zero-order valence-corrected chi connectivity index (χ0v) is 8.87. The van der Waals surface area contributed by atoms with Gasteiger partial charge in [0.1, 0.15) is 5.82 Å². The summed E-state index contributed by atoms with van der Waals surface area (Å²) in [4.78, 5) is 0. The lowest BCUT2D eigenvalue weighted by Crippen LogP contribution is -2.21. The molecule has 0 saturated heterocycles. The largest absolute Gasteiger partial charge is 0.390 e. The van der Waals surface area contributed by atoms with Gasteiger partial charge in [0, 0.05) is 13.1 Å². The summed E-state index contributed by atoms with van der Waals surface area (Å²) in [6, 6.07) is 4.26. The molecule has 0 unspecified atom stereocenters. The van der Waals surface area contributed by atoms with Gasteiger partial charge in [-0.25, -0.2) is 4.39 Å². The number of alkyl halides is 3. The molecule has 1 nitrogen and oxygen atoms in total. The van der Waals surface area contributed by atoms with Crippen molar-refractivity contribution in [2.45, 2.75) is 26.1 Å². The molecule has 0 aliphatic carbocycles. The number of hydrogen-bond donors (Lipinski definition) is 1. The van der Waals surface area contributed by atoms with E-state index in [0.717, 1.165) is 5.56 Å². The van der Waals surface area contributed by atoms with E-state index in [-0.39, 0.29) is 18.9 Å². The van der Waals surface area contributed by atoms with Gasteiger partial charge in [-0.3, -0.25) is 0 Å². The van der Waals surface area contributed by atoms with Crippen molar-refractivity contribution in [1.82, 2.24) is 5.32 Å². The molecule has 0 fully saturated rings. The maximum Gasteiger partial charge on any atom is 0.390 e. The Morgan fingerprint density at radius 3 is 2.56 bits per heavy atom. The fourth-order valence-electron chi connectivity index (χ4n) is 1.28. The summed E-state index contributed by atoms with van der Waals surface area (Å²) in [6.45, 7) is 1.89. The number of halogens is 4. The maximum absolute atomic E-state index is 12.8. The highest BCUT2D eigenvalue weighted by Gasteiger charge is 2.25. The summed E-state index contributed by atoms with van der Waals surface area (Å²) in [5, 5.41) is 2.64. The molecule has 16 heavy (non-hydrogen) atoms. The Balaban J connectivity index is 2.40. The van der Waals surface area contributed by atoms with E-state index in [2.05, 4.69) is 5.32 Å². The van der Waals surface area contributed by atoms with Gasteiger partial charge in [-0.2, -0.15) is 13.2 Å². The van der Waals surface area contributed by atoms with Gasteiger partial charge in [0.25, 0.3) is 0 Å². The lowest BCUT2D eigenvalue weighted by atomic mass is 10.1. The van der Waals surface area contributed by atoms with Gasteiger partial charge in [0.15, 0.2) is 0 Å². The number of aryl methyl sites for hydroxylation is 1. The molecular weight excluding hydrogens is 222 g/mol. The zero-order chi connectivity index (χ0) is 12.2. The number of nitrogens with one attached hydrogen (secondary N) is 1. The monoisotopic (exact) mass is 235 g/mol. The highest BCUT2D eigenvalue weighted by Crippen LogP contribution is 2.18. The van der Waals surface area contributed by atoms with Crippen LogP contribution >= 0.6 is 0 Å². The second-order valence-electron chi connectivity index (χ2n) is 3.61. The fourth-order valence-corrected chi connectivity index (χ4v) is 1.28. The lowest BCUT2D eigenvalue weighted by Gasteiger charge is -2.09. The Labute approximate surface area is 91.5 Å². The molecule has 5 heteroatoms. The molecule has 0 radical (unpaired) electrons. The second kappa shape index (κ2) is 5.30. The maximum atomic E-state index is 12.8. The van der Waals surface area contributed by atoms with Crippen LogP contribution in [0.5, 0.6) is 0 Å². The summed E-state index contributed by atoms with van der Waals surface area (Å²) in [6.07, 6.45) is -5.02. The van der Waals surface area contributed by atoms with Gasteiger partial charge >= 0.3 is 6.18 Å². The molecule has 0 aliphatic heterocycles. The van der Waals surface area contributed by atoms with Crippen LogP contribution < -0.4 is 5.32 Å². The molecular formula is C11H13F4N. The van der Waals surface area contributed by atoms with Gasteiger partial charge in [0.05, 0.1) is 6.42 Å². The molecule has 1 aromatic rings. The van der Waals surface area contributed by atoms with Crippen LogP contribution in [-0.2, 0) is 6.54 Å². The molecule has 90 valence electrons. The minimum atomic E-state index is -4.15. The van der Waals surface area contributed by atoms with E-state index >= 15 is 0 Å². The van der Waals surface area contributed by atoms with E-state index in [1.165, 1.54) is 12.1 Å². The molecule has 0 aromatic heterocycles. The summed E-state index contributed by atoms with van der Waals surface area (Å²) in [7, 11) is 0. The van der Waals surface area contributed by atoms with E-state index in [1.54, 1.807) is 13.0 Å². The van der Waals surface area contributed by atoms with Crippen molar-refractivity contribution in [3.05, 3.63) is 35.1 Å². The molecule has 1 aromatic carbocycles. The van der Waals surface area contributed by atoms with Crippen LogP contribution in [0.1, 0.15) is 17.5 Å². The highest BCUT2D eigenvalue weighted by atomic mass is 19.4. The minimum Gasteiger partial charge on any atom is -0.312 e. The van der Waals surface area contributed by atoms with Crippen LogP contribution in [0.3, 0.4) is 0 Å². The van der Waals surface area contributed by atoms with Crippen LogP contribution in [-0.4, -0.2) is 12.7 Å². The third-order valence-corrected chi connectivity index (χ3v) is 2.21. The first-order valence-corrected chi connectivity index (χ1v) is 4.91. The zero-order valence-electron chi connectivity index (χ0n) is 8.87. The number of rotatable bonds is 4. The van der Waals surface area contributed by atoms with Gasteiger partial charge in [-0.15, -0.1) is 0 Å². The molecule has 0 bridgehead atoms. The molecule has 0 heterocycles. The van der Waals surface area contributed by atoms with Crippen LogP contribution in [0, 0.1) is 12.7 Å². The van der Waals surface area contributed by atoms with E-state index in [9.17, 15) is 17.6 Å². The average Bonchev–Trinajstić information content (AvgIpc) is 2.16. The van der Waals surface area contributed by atoms with Crippen molar-refractivity contribution in [2.24, 2.45) is 0 Å². The average molecular weight is 235 g/mol. The summed E-state index contributed by atoms with van der Waals surface area (Å²) in [5.41, 5.74) is 1.54. The van der Waals surface area contributed by atoms with E-state index in [4.69, 9.17) is 0 Å². The molecule has 0 atom stereocenters. The highest BCUT2D eigenvalue weighted by molar-refractivity contribution is 5.26. The topological polar surface area (TPSA) is 12.0 Å².